The molecule has 0 saturated carbocycles. The number of aliphatic hydroxyl groups excluding tert-OH is 4. The Labute approximate surface area is 371 Å². The van der Waals surface area contributed by atoms with Crippen LogP contribution in [0.5, 0.6) is 0 Å². The van der Waals surface area contributed by atoms with Gasteiger partial charge in [-0.1, -0.05) is 191 Å². The maximum atomic E-state index is 12.8. The molecule has 354 valence electrons. The smallest absolute Gasteiger partial charge is 0.306 e. The van der Waals surface area contributed by atoms with Gasteiger partial charge in [0.1, 0.15) is 31.0 Å². The standard InChI is InChI=1S/C51H90O10/c1-3-5-7-9-11-13-15-17-19-21-22-24-26-28-30-32-34-36-38-40-47(54)60-44(43-59-51-50(57)49(56)48(55)45(41-52)61-51)42-58-46(53)39-37-35-33-31-29-27-25-23-20-18-16-14-12-10-8-6-4-2/h12,14,18,20,25,27,31,33,44-45,48-52,55-57H,3-11,13,15-17,19,21-24,26,28-30,32,34-43H2,1-2H3/b14-12+,20-18+,27-25+,33-31+/t44-,45-,48+,49?,50?,51-/m1/s1. The largest absolute Gasteiger partial charge is 0.462 e. The number of carbonyl (C=O) groups is 2. The Morgan fingerprint density at radius 1 is 0.508 bits per heavy atom. The van der Waals surface area contributed by atoms with Crippen molar-refractivity contribution in [3.8, 4) is 0 Å². The van der Waals surface area contributed by atoms with E-state index in [2.05, 4.69) is 62.5 Å². The van der Waals surface area contributed by atoms with Crippen LogP contribution in [0.2, 0.25) is 0 Å². The van der Waals surface area contributed by atoms with Crippen molar-refractivity contribution in [3.63, 3.8) is 0 Å². The van der Waals surface area contributed by atoms with Gasteiger partial charge in [0.15, 0.2) is 12.4 Å². The lowest BCUT2D eigenvalue weighted by atomic mass is 9.99. The zero-order chi connectivity index (χ0) is 44.4. The van der Waals surface area contributed by atoms with Crippen LogP contribution >= 0.6 is 0 Å². The van der Waals surface area contributed by atoms with Gasteiger partial charge in [-0.2, -0.15) is 0 Å². The molecule has 1 rings (SSSR count). The summed E-state index contributed by atoms with van der Waals surface area (Å²) in [5, 5.41) is 40.1. The van der Waals surface area contributed by atoms with E-state index in [1.165, 1.54) is 122 Å². The van der Waals surface area contributed by atoms with E-state index in [9.17, 15) is 30.0 Å². The van der Waals surface area contributed by atoms with E-state index in [0.717, 1.165) is 44.9 Å². The van der Waals surface area contributed by atoms with Gasteiger partial charge in [-0.05, 0) is 51.4 Å². The van der Waals surface area contributed by atoms with E-state index in [-0.39, 0.29) is 26.1 Å². The van der Waals surface area contributed by atoms with Gasteiger partial charge >= 0.3 is 11.9 Å². The lowest BCUT2D eigenvalue weighted by Crippen LogP contribution is -2.59. The Balaban J connectivity index is 2.32. The summed E-state index contributed by atoms with van der Waals surface area (Å²) >= 11 is 0. The maximum absolute atomic E-state index is 12.8. The number of hydrogen-bond donors (Lipinski definition) is 4. The molecule has 61 heavy (non-hydrogen) atoms. The predicted molar refractivity (Wildman–Crippen MR) is 247 cm³/mol. The lowest BCUT2D eigenvalue weighted by Gasteiger charge is -2.39. The zero-order valence-corrected chi connectivity index (χ0v) is 38.7. The second-order valence-corrected chi connectivity index (χ2v) is 16.9. The van der Waals surface area contributed by atoms with Gasteiger partial charge in [0.05, 0.1) is 13.2 Å². The van der Waals surface area contributed by atoms with Crippen molar-refractivity contribution in [2.45, 2.75) is 243 Å². The minimum atomic E-state index is -1.60. The average molecular weight is 863 g/mol. The van der Waals surface area contributed by atoms with Crippen molar-refractivity contribution in [1.29, 1.82) is 0 Å². The van der Waals surface area contributed by atoms with Gasteiger partial charge < -0.3 is 39.4 Å². The van der Waals surface area contributed by atoms with Gasteiger partial charge in [0.2, 0.25) is 0 Å². The number of allylic oxidation sites excluding steroid dienone is 8. The van der Waals surface area contributed by atoms with Crippen molar-refractivity contribution in [1.82, 2.24) is 0 Å². The Kier molecular flexibility index (Phi) is 38.7. The van der Waals surface area contributed by atoms with Gasteiger partial charge in [-0.25, -0.2) is 0 Å². The molecule has 6 atom stereocenters. The Morgan fingerprint density at radius 3 is 1.43 bits per heavy atom. The number of ether oxygens (including phenoxy) is 4. The third-order valence-electron chi connectivity index (χ3n) is 11.2. The van der Waals surface area contributed by atoms with E-state index in [1.54, 1.807) is 0 Å². The first kappa shape index (κ1) is 56.7. The number of rotatable bonds is 41. The molecule has 0 radical (unpaired) electrons. The second-order valence-electron chi connectivity index (χ2n) is 16.9. The first-order valence-corrected chi connectivity index (χ1v) is 24.7. The number of hydrogen-bond acceptors (Lipinski definition) is 10. The summed E-state index contributed by atoms with van der Waals surface area (Å²) in [6.07, 6.45) is 42.6. The predicted octanol–water partition coefficient (Wildman–Crippen LogP) is 11.2. The molecule has 0 aromatic heterocycles. The van der Waals surface area contributed by atoms with Crippen molar-refractivity contribution in [3.05, 3.63) is 48.6 Å². The fourth-order valence-corrected chi connectivity index (χ4v) is 7.30. The molecule has 4 N–H and O–H groups in total. The van der Waals surface area contributed by atoms with Crippen LogP contribution < -0.4 is 0 Å². The monoisotopic (exact) mass is 863 g/mol. The summed E-state index contributed by atoms with van der Waals surface area (Å²) in [7, 11) is 0. The molecule has 0 aromatic rings. The highest BCUT2D eigenvalue weighted by molar-refractivity contribution is 5.70. The van der Waals surface area contributed by atoms with Crippen molar-refractivity contribution >= 4 is 11.9 Å². The van der Waals surface area contributed by atoms with Gasteiger partial charge in [-0.15, -0.1) is 0 Å². The van der Waals surface area contributed by atoms with Crippen LogP contribution in [0.25, 0.3) is 0 Å². The molecule has 1 aliphatic heterocycles. The lowest BCUT2D eigenvalue weighted by molar-refractivity contribution is -0.305. The summed E-state index contributed by atoms with van der Waals surface area (Å²) in [6, 6.07) is 0. The van der Waals surface area contributed by atoms with Crippen LogP contribution in [0.15, 0.2) is 48.6 Å². The Bertz CT molecular complexity index is 1130. The normalized spacial score (nSPS) is 20.1. The summed E-state index contributed by atoms with van der Waals surface area (Å²) < 4.78 is 22.2. The second kappa shape index (κ2) is 41.7. The van der Waals surface area contributed by atoms with E-state index < -0.39 is 55.4 Å². The Morgan fingerprint density at radius 2 is 0.934 bits per heavy atom. The van der Waals surface area contributed by atoms with Crippen LogP contribution in [0.4, 0.5) is 0 Å². The fourth-order valence-electron chi connectivity index (χ4n) is 7.30. The molecule has 0 aliphatic carbocycles. The summed E-state index contributed by atoms with van der Waals surface area (Å²) in [5.41, 5.74) is 0. The molecule has 10 heteroatoms. The van der Waals surface area contributed by atoms with Gasteiger partial charge in [-0.3, -0.25) is 9.59 Å². The highest BCUT2D eigenvalue weighted by atomic mass is 16.7. The first-order valence-electron chi connectivity index (χ1n) is 24.7. The summed E-state index contributed by atoms with van der Waals surface area (Å²) in [5.74, 6) is -0.866. The summed E-state index contributed by atoms with van der Waals surface area (Å²) in [4.78, 5) is 25.4. The molecule has 1 heterocycles. The number of unbranched alkanes of at least 4 members (excludes halogenated alkanes) is 22. The highest BCUT2D eigenvalue weighted by Crippen LogP contribution is 2.23. The Hall–Kier alpha value is -2.34. The van der Waals surface area contributed by atoms with Crippen molar-refractivity contribution < 1.29 is 49.0 Å². The van der Waals surface area contributed by atoms with E-state index in [4.69, 9.17) is 18.9 Å². The SMILES string of the molecule is CCCCC/C=C/C/C=C/C/C=C/C/C=C/CCCC(=O)OC[C@H](CO[C@@H]1O[C@H](CO)[C@H](O)C(O)C1O)OC(=O)CCCCCCCCCCCCCCCCCCCCC. The van der Waals surface area contributed by atoms with Crippen LogP contribution in [-0.2, 0) is 28.5 Å². The van der Waals surface area contributed by atoms with Crippen molar-refractivity contribution in [2.75, 3.05) is 19.8 Å². The van der Waals surface area contributed by atoms with Gasteiger partial charge in [0, 0.05) is 12.8 Å². The molecule has 0 aromatic carbocycles. The zero-order valence-electron chi connectivity index (χ0n) is 38.7. The summed E-state index contributed by atoms with van der Waals surface area (Å²) in [6.45, 7) is 3.36. The van der Waals surface area contributed by atoms with Crippen LogP contribution in [0, 0.1) is 0 Å². The average Bonchev–Trinajstić information content (AvgIpc) is 3.26. The van der Waals surface area contributed by atoms with Crippen LogP contribution in [0.3, 0.4) is 0 Å². The van der Waals surface area contributed by atoms with E-state index >= 15 is 0 Å². The minimum Gasteiger partial charge on any atom is -0.462 e. The number of esters is 2. The quantitative estimate of drug-likeness (QED) is 0.0265. The molecule has 1 saturated heterocycles. The van der Waals surface area contributed by atoms with Crippen LogP contribution in [0.1, 0.15) is 206 Å². The van der Waals surface area contributed by atoms with Crippen molar-refractivity contribution in [2.24, 2.45) is 0 Å². The van der Waals surface area contributed by atoms with E-state index in [1.807, 2.05) is 0 Å². The number of carbonyl (C=O) groups excluding carboxylic acids is 2. The molecular formula is C51H90O10. The molecule has 1 aliphatic rings. The molecule has 0 amide bonds. The maximum Gasteiger partial charge on any atom is 0.306 e. The molecular weight excluding hydrogens is 773 g/mol. The van der Waals surface area contributed by atoms with E-state index in [0.29, 0.717) is 12.8 Å². The number of aliphatic hydroxyl groups is 4. The first-order chi connectivity index (χ1) is 29.8. The molecule has 1 fully saturated rings. The molecule has 2 unspecified atom stereocenters. The topological polar surface area (TPSA) is 152 Å². The fraction of sp³-hybridized carbons (Fsp3) is 0.804. The third-order valence-corrected chi connectivity index (χ3v) is 11.2. The van der Waals surface area contributed by atoms with Crippen LogP contribution in [-0.4, -0.2) is 89.0 Å². The molecule has 0 spiro atoms. The third kappa shape index (κ3) is 32.9. The highest BCUT2D eigenvalue weighted by Gasteiger charge is 2.44. The molecule has 10 nitrogen and oxygen atoms in total. The van der Waals surface area contributed by atoms with Gasteiger partial charge in [0.25, 0.3) is 0 Å². The molecule has 0 bridgehead atoms. The minimum absolute atomic E-state index is 0.200.